The van der Waals surface area contributed by atoms with E-state index < -0.39 is 0 Å². The fraction of sp³-hybridized carbons (Fsp3) is 0.636. The Labute approximate surface area is 97.0 Å². The maximum atomic E-state index is 5.30. The van der Waals surface area contributed by atoms with Crippen LogP contribution in [-0.2, 0) is 0 Å². The largest absolute Gasteiger partial charge is 0.354 e. The molecule has 16 heavy (non-hydrogen) atoms. The summed E-state index contributed by atoms with van der Waals surface area (Å²) in [6, 6.07) is 2.31. The first-order valence-corrected chi connectivity index (χ1v) is 5.61. The molecule has 0 radical (unpaired) electrons. The van der Waals surface area contributed by atoms with Gasteiger partial charge < -0.3 is 4.90 Å². The standard InChI is InChI=1S/C11H21N5/c1-8(2)7-16(9(3)4)10-5-6-13-11(14-10)15-12/h5-6,8-9H,7,12H2,1-4H3,(H,13,14,15). The summed E-state index contributed by atoms with van der Waals surface area (Å²) in [5.41, 5.74) is 2.47. The number of nitrogen functional groups attached to an aromatic ring is 1. The molecule has 0 saturated carbocycles. The molecule has 3 N–H and O–H groups in total. The van der Waals surface area contributed by atoms with Crippen molar-refractivity contribution in [3.05, 3.63) is 12.3 Å². The van der Waals surface area contributed by atoms with Crippen molar-refractivity contribution in [2.24, 2.45) is 11.8 Å². The van der Waals surface area contributed by atoms with Gasteiger partial charge in [-0.05, 0) is 25.8 Å². The Kier molecular flexibility index (Phi) is 4.49. The van der Waals surface area contributed by atoms with Crippen LogP contribution >= 0.6 is 0 Å². The number of nitrogens with one attached hydrogen (secondary N) is 1. The monoisotopic (exact) mass is 223 g/mol. The van der Waals surface area contributed by atoms with Crippen LogP contribution in [0.25, 0.3) is 0 Å². The van der Waals surface area contributed by atoms with E-state index in [1.54, 1.807) is 6.20 Å². The highest BCUT2D eigenvalue weighted by molar-refractivity contribution is 5.42. The number of hydrogen-bond acceptors (Lipinski definition) is 5. The van der Waals surface area contributed by atoms with Gasteiger partial charge in [0.1, 0.15) is 5.82 Å². The van der Waals surface area contributed by atoms with Crippen molar-refractivity contribution in [3.8, 4) is 0 Å². The van der Waals surface area contributed by atoms with Crippen molar-refractivity contribution >= 4 is 11.8 Å². The maximum absolute atomic E-state index is 5.30. The van der Waals surface area contributed by atoms with Gasteiger partial charge in [0.05, 0.1) is 0 Å². The second kappa shape index (κ2) is 5.65. The summed E-state index contributed by atoms with van der Waals surface area (Å²) in [6.07, 6.45) is 1.72. The summed E-state index contributed by atoms with van der Waals surface area (Å²) < 4.78 is 0. The molecule has 0 amide bonds. The zero-order valence-corrected chi connectivity index (χ0v) is 10.4. The van der Waals surface area contributed by atoms with E-state index in [0.717, 1.165) is 12.4 Å². The first kappa shape index (κ1) is 12.7. The van der Waals surface area contributed by atoms with Crippen LogP contribution in [0.5, 0.6) is 0 Å². The molecule has 0 saturated heterocycles. The van der Waals surface area contributed by atoms with Crippen LogP contribution in [0.15, 0.2) is 12.3 Å². The highest BCUT2D eigenvalue weighted by Crippen LogP contribution is 2.16. The SMILES string of the molecule is CC(C)CN(c1ccnc(NN)n1)C(C)C. The fourth-order valence-corrected chi connectivity index (χ4v) is 1.54. The molecule has 0 aliphatic carbocycles. The van der Waals surface area contributed by atoms with Crippen LogP contribution in [0.4, 0.5) is 11.8 Å². The van der Waals surface area contributed by atoms with E-state index in [9.17, 15) is 0 Å². The third kappa shape index (κ3) is 3.34. The Bertz CT molecular complexity index is 324. The van der Waals surface area contributed by atoms with Crippen LogP contribution in [-0.4, -0.2) is 22.6 Å². The number of nitrogens with zero attached hydrogens (tertiary/aromatic N) is 3. The van der Waals surface area contributed by atoms with Gasteiger partial charge >= 0.3 is 0 Å². The molecule has 0 fully saturated rings. The molecule has 0 aliphatic heterocycles. The van der Waals surface area contributed by atoms with E-state index in [2.05, 4.69) is 48.0 Å². The summed E-state index contributed by atoms with van der Waals surface area (Å²) in [7, 11) is 0. The molecule has 1 aromatic rings. The van der Waals surface area contributed by atoms with Crippen LogP contribution in [0.1, 0.15) is 27.7 Å². The lowest BCUT2D eigenvalue weighted by atomic mass is 10.2. The molecule has 5 heteroatoms. The number of anilines is 2. The summed E-state index contributed by atoms with van der Waals surface area (Å²) in [4.78, 5) is 10.6. The van der Waals surface area contributed by atoms with Gasteiger partial charge in [0.2, 0.25) is 5.95 Å². The minimum atomic E-state index is 0.405. The van der Waals surface area contributed by atoms with E-state index in [1.165, 1.54) is 0 Å². The van der Waals surface area contributed by atoms with Crippen LogP contribution in [0.2, 0.25) is 0 Å². The maximum Gasteiger partial charge on any atom is 0.239 e. The first-order valence-electron chi connectivity index (χ1n) is 5.61. The quantitative estimate of drug-likeness (QED) is 0.586. The normalized spacial score (nSPS) is 10.9. The lowest BCUT2D eigenvalue weighted by Gasteiger charge is -2.29. The lowest BCUT2D eigenvalue weighted by molar-refractivity contribution is 0.566. The predicted octanol–water partition coefficient (Wildman–Crippen LogP) is 1.63. The van der Waals surface area contributed by atoms with Crippen molar-refractivity contribution in [2.75, 3.05) is 16.9 Å². The highest BCUT2D eigenvalue weighted by atomic mass is 15.3. The Morgan fingerprint density at radius 1 is 1.38 bits per heavy atom. The molecule has 0 aliphatic rings. The summed E-state index contributed by atoms with van der Waals surface area (Å²) >= 11 is 0. The topological polar surface area (TPSA) is 67.1 Å². The Morgan fingerprint density at radius 3 is 2.56 bits per heavy atom. The highest BCUT2D eigenvalue weighted by Gasteiger charge is 2.13. The van der Waals surface area contributed by atoms with Gasteiger partial charge in [-0.1, -0.05) is 13.8 Å². The van der Waals surface area contributed by atoms with E-state index in [-0.39, 0.29) is 0 Å². The average Bonchev–Trinajstić information content (AvgIpc) is 2.25. The van der Waals surface area contributed by atoms with Crippen molar-refractivity contribution in [2.45, 2.75) is 33.7 Å². The van der Waals surface area contributed by atoms with Gasteiger partial charge in [-0.25, -0.2) is 10.8 Å². The van der Waals surface area contributed by atoms with Crippen molar-refractivity contribution in [3.63, 3.8) is 0 Å². The Balaban J connectivity index is 2.91. The molecule has 0 bridgehead atoms. The van der Waals surface area contributed by atoms with Crippen LogP contribution < -0.4 is 16.2 Å². The average molecular weight is 223 g/mol. The predicted molar refractivity (Wildman–Crippen MR) is 67.2 cm³/mol. The molecule has 1 heterocycles. The van der Waals surface area contributed by atoms with Gasteiger partial charge in [0.15, 0.2) is 0 Å². The summed E-state index contributed by atoms with van der Waals surface area (Å²) in [6.45, 7) is 9.66. The van der Waals surface area contributed by atoms with E-state index in [4.69, 9.17) is 5.84 Å². The number of nitrogens with two attached hydrogens (primary N) is 1. The number of rotatable bonds is 5. The smallest absolute Gasteiger partial charge is 0.239 e. The molecule has 1 aromatic heterocycles. The molecule has 1 rings (SSSR count). The summed E-state index contributed by atoms with van der Waals surface area (Å²) in [5.74, 6) is 7.25. The van der Waals surface area contributed by atoms with E-state index in [0.29, 0.717) is 17.9 Å². The van der Waals surface area contributed by atoms with E-state index in [1.807, 2.05) is 6.07 Å². The first-order chi connectivity index (χ1) is 7.54. The van der Waals surface area contributed by atoms with Crippen LogP contribution in [0, 0.1) is 5.92 Å². The Hall–Kier alpha value is -1.36. The van der Waals surface area contributed by atoms with Gasteiger partial charge in [0, 0.05) is 18.8 Å². The van der Waals surface area contributed by atoms with E-state index >= 15 is 0 Å². The Morgan fingerprint density at radius 2 is 2.06 bits per heavy atom. The molecule has 0 atom stereocenters. The van der Waals surface area contributed by atoms with Crippen LogP contribution in [0.3, 0.4) is 0 Å². The molecule has 0 aromatic carbocycles. The number of hydrogen-bond donors (Lipinski definition) is 2. The molecule has 90 valence electrons. The third-order valence-electron chi connectivity index (χ3n) is 2.25. The molecule has 0 unspecified atom stereocenters. The second-order valence-electron chi connectivity index (χ2n) is 4.52. The summed E-state index contributed by atoms with van der Waals surface area (Å²) in [5, 5.41) is 0. The minimum absolute atomic E-state index is 0.405. The second-order valence-corrected chi connectivity index (χ2v) is 4.52. The lowest BCUT2D eigenvalue weighted by Crippen LogP contribution is -2.35. The molecule has 5 nitrogen and oxygen atoms in total. The zero-order chi connectivity index (χ0) is 12.1. The van der Waals surface area contributed by atoms with Gasteiger partial charge in [-0.15, -0.1) is 0 Å². The fourth-order valence-electron chi connectivity index (χ4n) is 1.54. The van der Waals surface area contributed by atoms with Gasteiger partial charge in [-0.3, -0.25) is 5.43 Å². The zero-order valence-electron chi connectivity index (χ0n) is 10.4. The molecular formula is C11H21N5. The number of aromatic nitrogens is 2. The molecular weight excluding hydrogens is 202 g/mol. The third-order valence-corrected chi connectivity index (χ3v) is 2.25. The number of hydrazine groups is 1. The van der Waals surface area contributed by atoms with Crippen molar-refractivity contribution < 1.29 is 0 Å². The van der Waals surface area contributed by atoms with Crippen molar-refractivity contribution in [1.82, 2.24) is 9.97 Å². The molecule has 0 spiro atoms. The van der Waals surface area contributed by atoms with Gasteiger partial charge in [-0.2, -0.15) is 4.98 Å². The minimum Gasteiger partial charge on any atom is -0.354 e. The van der Waals surface area contributed by atoms with Crippen molar-refractivity contribution in [1.29, 1.82) is 0 Å². The van der Waals surface area contributed by atoms with Gasteiger partial charge in [0.25, 0.3) is 0 Å².